The number of nitrogens with zero attached hydrogens (tertiary/aromatic N) is 2. The molecule has 0 radical (unpaired) electrons. The van der Waals surface area contributed by atoms with Crippen molar-refractivity contribution in [1.82, 2.24) is 9.97 Å². The lowest BCUT2D eigenvalue weighted by atomic mass is 9.89. The first-order chi connectivity index (χ1) is 7.78. The average Bonchev–Trinajstić information content (AvgIpc) is 2.17. The van der Waals surface area contributed by atoms with Crippen LogP contribution in [0.25, 0.3) is 0 Å². The summed E-state index contributed by atoms with van der Waals surface area (Å²) in [6.07, 6.45) is 1.67. The third kappa shape index (κ3) is 5.19. The highest BCUT2D eigenvalue weighted by Gasteiger charge is 2.17. The summed E-state index contributed by atoms with van der Waals surface area (Å²) in [6, 6.07) is 0. The van der Waals surface area contributed by atoms with Crippen molar-refractivity contribution in [3.63, 3.8) is 0 Å². The van der Waals surface area contributed by atoms with Crippen LogP contribution in [0.2, 0.25) is 5.02 Å². The Balaban J connectivity index is 2.53. The lowest BCUT2D eigenvalue weighted by Gasteiger charge is -2.22. The number of anilines is 2. The van der Waals surface area contributed by atoms with E-state index >= 15 is 0 Å². The van der Waals surface area contributed by atoms with E-state index in [9.17, 15) is 5.11 Å². The SMILES string of the molecule is CC(C)(C)CC(O)CNc1nc(N)ncc1Cl. The summed E-state index contributed by atoms with van der Waals surface area (Å²) in [6.45, 7) is 6.61. The van der Waals surface area contributed by atoms with E-state index in [0.717, 1.165) is 0 Å². The van der Waals surface area contributed by atoms with Crippen molar-refractivity contribution >= 4 is 23.4 Å². The second kappa shape index (κ2) is 5.51. The van der Waals surface area contributed by atoms with Gasteiger partial charge in [-0.15, -0.1) is 0 Å². The molecule has 0 aromatic carbocycles. The molecule has 1 aromatic rings. The number of hydrogen-bond donors (Lipinski definition) is 3. The number of halogens is 1. The van der Waals surface area contributed by atoms with E-state index in [1.165, 1.54) is 6.20 Å². The Labute approximate surface area is 106 Å². The maximum absolute atomic E-state index is 9.83. The Bertz CT molecular complexity index is 378. The molecule has 0 saturated carbocycles. The number of nitrogen functional groups attached to an aromatic ring is 1. The van der Waals surface area contributed by atoms with Crippen molar-refractivity contribution in [3.8, 4) is 0 Å². The van der Waals surface area contributed by atoms with Gasteiger partial charge in [-0.1, -0.05) is 32.4 Å². The van der Waals surface area contributed by atoms with Crippen molar-refractivity contribution in [1.29, 1.82) is 0 Å². The minimum absolute atomic E-state index is 0.0790. The molecule has 6 heteroatoms. The van der Waals surface area contributed by atoms with Crippen molar-refractivity contribution in [2.75, 3.05) is 17.6 Å². The van der Waals surface area contributed by atoms with Gasteiger partial charge in [-0.3, -0.25) is 0 Å². The molecular weight excluding hydrogens is 240 g/mol. The minimum Gasteiger partial charge on any atom is -0.391 e. The molecule has 0 spiro atoms. The highest BCUT2D eigenvalue weighted by Crippen LogP contribution is 2.22. The molecule has 1 atom stereocenters. The van der Waals surface area contributed by atoms with Crippen LogP contribution in [0.5, 0.6) is 0 Å². The highest BCUT2D eigenvalue weighted by atomic mass is 35.5. The molecule has 1 unspecified atom stereocenters. The zero-order valence-corrected chi connectivity index (χ0v) is 11.1. The Morgan fingerprint density at radius 3 is 2.76 bits per heavy atom. The maximum atomic E-state index is 9.83. The van der Waals surface area contributed by atoms with E-state index in [1.54, 1.807) is 0 Å². The van der Waals surface area contributed by atoms with Gasteiger partial charge in [0.05, 0.1) is 12.3 Å². The number of nitrogens with two attached hydrogens (primary N) is 1. The zero-order valence-electron chi connectivity index (χ0n) is 10.4. The Morgan fingerprint density at radius 1 is 1.53 bits per heavy atom. The summed E-state index contributed by atoms with van der Waals surface area (Å²) >= 11 is 5.89. The molecule has 0 bridgehead atoms. The van der Waals surface area contributed by atoms with Crippen LogP contribution < -0.4 is 11.1 Å². The van der Waals surface area contributed by atoms with Crippen molar-refractivity contribution in [2.45, 2.75) is 33.3 Å². The second-order valence-corrected chi connectivity index (χ2v) is 5.63. The molecule has 0 aliphatic carbocycles. The fraction of sp³-hybridized carbons (Fsp3) is 0.636. The van der Waals surface area contributed by atoms with Gasteiger partial charge < -0.3 is 16.2 Å². The standard InChI is InChI=1S/C11H19ClN4O/c1-11(2,3)4-7(17)5-14-9-8(12)6-15-10(13)16-9/h6-7,17H,4-5H2,1-3H3,(H3,13,14,15,16). The van der Waals surface area contributed by atoms with Gasteiger partial charge in [0, 0.05) is 6.54 Å². The molecular formula is C11H19ClN4O. The zero-order chi connectivity index (χ0) is 13.1. The number of aliphatic hydroxyl groups excluding tert-OH is 1. The van der Waals surface area contributed by atoms with Gasteiger partial charge in [-0.25, -0.2) is 4.98 Å². The average molecular weight is 259 g/mol. The summed E-state index contributed by atoms with van der Waals surface area (Å²) in [5, 5.41) is 13.2. The fourth-order valence-electron chi connectivity index (χ4n) is 1.50. The molecule has 0 aliphatic rings. The Morgan fingerprint density at radius 2 is 2.18 bits per heavy atom. The van der Waals surface area contributed by atoms with E-state index in [2.05, 4.69) is 36.1 Å². The number of rotatable bonds is 4. The number of nitrogens with one attached hydrogen (secondary N) is 1. The Kier molecular flexibility index (Phi) is 4.54. The summed E-state index contributed by atoms with van der Waals surface area (Å²) in [5.41, 5.74) is 5.53. The Hall–Kier alpha value is -1.07. The summed E-state index contributed by atoms with van der Waals surface area (Å²) < 4.78 is 0. The third-order valence-electron chi connectivity index (χ3n) is 2.12. The molecule has 5 nitrogen and oxygen atoms in total. The van der Waals surface area contributed by atoms with Gasteiger partial charge in [0.2, 0.25) is 5.95 Å². The molecule has 17 heavy (non-hydrogen) atoms. The lowest BCUT2D eigenvalue weighted by molar-refractivity contribution is 0.132. The first-order valence-corrected chi connectivity index (χ1v) is 5.86. The fourth-order valence-corrected chi connectivity index (χ4v) is 1.66. The molecule has 96 valence electrons. The van der Waals surface area contributed by atoms with E-state index < -0.39 is 6.10 Å². The molecule has 1 rings (SSSR count). The van der Waals surface area contributed by atoms with Crippen LogP contribution in [-0.4, -0.2) is 27.7 Å². The van der Waals surface area contributed by atoms with Gasteiger partial charge in [0.25, 0.3) is 0 Å². The van der Waals surface area contributed by atoms with Crippen LogP contribution in [-0.2, 0) is 0 Å². The summed E-state index contributed by atoms with van der Waals surface area (Å²) in [4.78, 5) is 7.71. The smallest absolute Gasteiger partial charge is 0.222 e. The maximum Gasteiger partial charge on any atom is 0.222 e. The van der Waals surface area contributed by atoms with E-state index in [1.807, 2.05) is 0 Å². The van der Waals surface area contributed by atoms with Crippen molar-refractivity contribution in [3.05, 3.63) is 11.2 Å². The molecule has 0 aliphatic heterocycles. The minimum atomic E-state index is -0.456. The van der Waals surface area contributed by atoms with Gasteiger partial charge in [-0.05, 0) is 11.8 Å². The molecule has 0 fully saturated rings. The van der Waals surface area contributed by atoms with Crippen LogP contribution in [0, 0.1) is 5.41 Å². The number of aliphatic hydroxyl groups is 1. The lowest BCUT2D eigenvalue weighted by Crippen LogP contribution is -2.25. The van der Waals surface area contributed by atoms with E-state index in [4.69, 9.17) is 17.3 Å². The van der Waals surface area contributed by atoms with Crippen LogP contribution >= 0.6 is 11.6 Å². The highest BCUT2D eigenvalue weighted by molar-refractivity contribution is 6.32. The second-order valence-electron chi connectivity index (χ2n) is 5.22. The van der Waals surface area contributed by atoms with E-state index in [0.29, 0.717) is 23.8 Å². The molecule has 4 N–H and O–H groups in total. The predicted molar refractivity (Wildman–Crippen MR) is 70.0 cm³/mol. The largest absolute Gasteiger partial charge is 0.391 e. The first-order valence-electron chi connectivity index (χ1n) is 5.48. The van der Waals surface area contributed by atoms with Gasteiger partial charge in [0.1, 0.15) is 5.02 Å². The topological polar surface area (TPSA) is 84.1 Å². The van der Waals surface area contributed by atoms with Crippen molar-refractivity contribution in [2.24, 2.45) is 5.41 Å². The number of hydrogen-bond acceptors (Lipinski definition) is 5. The van der Waals surface area contributed by atoms with Crippen molar-refractivity contribution < 1.29 is 5.11 Å². The van der Waals surface area contributed by atoms with E-state index in [-0.39, 0.29) is 11.4 Å². The summed E-state index contributed by atoms with van der Waals surface area (Å²) in [5.74, 6) is 0.606. The first kappa shape index (κ1) is 14.0. The number of aromatic nitrogens is 2. The van der Waals surface area contributed by atoms with Crippen LogP contribution in [0.4, 0.5) is 11.8 Å². The third-order valence-corrected chi connectivity index (χ3v) is 2.39. The molecule has 1 heterocycles. The van der Waals surface area contributed by atoms with Gasteiger partial charge in [0.15, 0.2) is 5.82 Å². The van der Waals surface area contributed by atoms with Crippen LogP contribution in [0.1, 0.15) is 27.2 Å². The predicted octanol–water partition coefficient (Wildman–Crippen LogP) is 1.92. The van der Waals surface area contributed by atoms with Gasteiger partial charge >= 0.3 is 0 Å². The summed E-state index contributed by atoms with van der Waals surface area (Å²) in [7, 11) is 0. The quantitative estimate of drug-likeness (QED) is 0.768. The molecule has 0 amide bonds. The van der Waals surface area contributed by atoms with Crippen LogP contribution in [0.15, 0.2) is 6.20 Å². The molecule has 1 aromatic heterocycles. The monoisotopic (exact) mass is 258 g/mol. The molecule has 0 saturated heterocycles. The van der Waals surface area contributed by atoms with Gasteiger partial charge in [-0.2, -0.15) is 4.98 Å². The normalized spacial score (nSPS) is 13.5. The van der Waals surface area contributed by atoms with Crippen LogP contribution in [0.3, 0.4) is 0 Å².